The van der Waals surface area contributed by atoms with E-state index in [1.807, 2.05) is 11.4 Å². The molecule has 0 saturated heterocycles. The third-order valence-corrected chi connectivity index (χ3v) is 3.46. The fourth-order valence-electron chi connectivity index (χ4n) is 2.41. The number of aromatic amines is 1. The Morgan fingerprint density at radius 3 is 2.70 bits per heavy atom. The number of hydrogen-bond donors (Lipinski definition) is 2. The van der Waals surface area contributed by atoms with Gasteiger partial charge in [0.15, 0.2) is 0 Å². The van der Waals surface area contributed by atoms with Crippen LogP contribution in [-0.4, -0.2) is 22.1 Å². The number of nitrogens with zero attached hydrogens (tertiary/aromatic N) is 1. The van der Waals surface area contributed by atoms with E-state index in [1.165, 1.54) is 0 Å². The Morgan fingerprint density at radius 1 is 1.13 bits per heavy atom. The van der Waals surface area contributed by atoms with E-state index in [1.54, 1.807) is 42.7 Å². The van der Waals surface area contributed by atoms with Crippen molar-refractivity contribution in [3.63, 3.8) is 0 Å². The minimum absolute atomic E-state index is 0.206. The van der Waals surface area contributed by atoms with E-state index in [0.29, 0.717) is 11.2 Å². The van der Waals surface area contributed by atoms with Crippen LogP contribution < -0.4 is 5.32 Å². The van der Waals surface area contributed by atoms with Gasteiger partial charge < -0.3 is 10.3 Å². The lowest BCUT2D eigenvalue weighted by molar-refractivity contribution is -0.173. The normalized spacial score (nSPS) is 11.6. The number of carbonyl (C=O) groups excluding carboxylic acids is 1. The summed E-state index contributed by atoms with van der Waals surface area (Å²) in [7, 11) is 0. The lowest BCUT2D eigenvalue weighted by Crippen LogP contribution is -2.36. The van der Waals surface area contributed by atoms with Gasteiger partial charge in [-0.25, -0.2) is 4.98 Å². The molecule has 7 heteroatoms. The molecule has 0 atom stereocenters. The van der Waals surface area contributed by atoms with Crippen molar-refractivity contribution in [2.24, 2.45) is 0 Å². The number of aromatic nitrogens is 2. The fourth-order valence-corrected chi connectivity index (χ4v) is 2.41. The van der Waals surface area contributed by atoms with Gasteiger partial charge in [-0.2, -0.15) is 13.2 Å². The van der Waals surface area contributed by atoms with Gasteiger partial charge in [0.25, 0.3) is 0 Å². The molecule has 23 heavy (non-hydrogen) atoms. The van der Waals surface area contributed by atoms with Crippen molar-refractivity contribution in [3.05, 3.63) is 54.4 Å². The minimum atomic E-state index is -4.89. The lowest BCUT2D eigenvalue weighted by atomic mass is 9.98. The maximum absolute atomic E-state index is 12.3. The van der Waals surface area contributed by atoms with Gasteiger partial charge in [-0.1, -0.05) is 24.3 Å². The van der Waals surface area contributed by atoms with Crippen molar-refractivity contribution in [2.45, 2.75) is 12.7 Å². The number of benzene rings is 1. The zero-order valence-corrected chi connectivity index (χ0v) is 11.8. The maximum atomic E-state index is 12.3. The van der Waals surface area contributed by atoms with Gasteiger partial charge >= 0.3 is 12.1 Å². The van der Waals surface area contributed by atoms with Crippen molar-refractivity contribution in [2.75, 3.05) is 0 Å². The highest BCUT2D eigenvalue weighted by atomic mass is 19.4. The minimum Gasteiger partial charge on any atom is -0.346 e. The zero-order chi connectivity index (χ0) is 16.4. The SMILES string of the molecule is O=C(NCc1ccccc1-c1ccnc2[nH]ccc12)C(F)(F)F. The molecule has 0 aliphatic heterocycles. The number of H-pyrrole nitrogens is 1. The Bertz CT molecular complexity index is 855. The Balaban J connectivity index is 1.95. The summed E-state index contributed by atoms with van der Waals surface area (Å²) >= 11 is 0. The smallest absolute Gasteiger partial charge is 0.346 e. The van der Waals surface area contributed by atoms with E-state index >= 15 is 0 Å². The summed E-state index contributed by atoms with van der Waals surface area (Å²) in [5.41, 5.74) is 2.88. The first-order valence-corrected chi connectivity index (χ1v) is 6.82. The molecular weight excluding hydrogens is 307 g/mol. The molecule has 2 N–H and O–H groups in total. The molecule has 4 nitrogen and oxygen atoms in total. The standard InChI is InChI=1S/C16H12F3N3O/c17-16(18,19)15(23)22-9-10-3-1-2-4-11(10)12-5-7-20-14-13(12)6-8-21-14/h1-8H,9H2,(H,20,21)(H,22,23). The molecule has 0 fully saturated rings. The highest BCUT2D eigenvalue weighted by molar-refractivity contribution is 5.93. The van der Waals surface area contributed by atoms with Crippen molar-refractivity contribution in [1.29, 1.82) is 0 Å². The molecule has 0 aliphatic rings. The molecular formula is C16H12F3N3O. The van der Waals surface area contributed by atoms with Crippen LogP contribution in [-0.2, 0) is 11.3 Å². The summed E-state index contributed by atoms with van der Waals surface area (Å²) in [5.74, 6) is -1.95. The summed E-state index contributed by atoms with van der Waals surface area (Å²) in [5, 5.41) is 2.77. The molecule has 118 valence electrons. The van der Waals surface area contributed by atoms with Crippen LogP contribution >= 0.6 is 0 Å². The molecule has 0 unspecified atom stereocenters. The number of rotatable bonds is 3. The van der Waals surface area contributed by atoms with Crippen molar-refractivity contribution in [3.8, 4) is 11.1 Å². The van der Waals surface area contributed by atoms with E-state index in [-0.39, 0.29) is 6.54 Å². The van der Waals surface area contributed by atoms with Gasteiger partial charge in [-0.3, -0.25) is 4.79 Å². The number of halogens is 3. The molecule has 0 bridgehead atoms. The second kappa shape index (κ2) is 5.75. The summed E-state index contributed by atoms with van der Waals surface area (Å²) < 4.78 is 37.0. The molecule has 1 amide bonds. The first-order chi connectivity index (χ1) is 11.0. The molecule has 2 aromatic heterocycles. The Labute approximate surface area is 129 Å². The van der Waals surface area contributed by atoms with E-state index in [9.17, 15) is 18.0 Å². The molecule has 0 saturated carbocycles. The van der Waals surface area contributed by atoms with Crippen molar-refractivity contribution in [1.82, 2.24) is 15.3 Å². The van der Waals surface area contributed by atoms with Gasteiger partial charge in [-0.05, 0) is 28.8 Å². The number of amides is 1. The number of hydrogen-bond acceptors (Lipinski definition) is 2. The van der Waals surface area contributed by atoms with Crippen LogP contribution in [0.3, 0.4) is 0 Å². The van der Waals surface area contributed by atoms with Gasteiger partial charge in [0.2, 0.25) is 0 Å². The second-order valence-electron chi connectivity index (χ2n) is 4.94. The van der Waals surface area contributed by atoms with Gasteiger partial charge in [0, 0.05) is 24.3 Å². The van der Waals surface area contributed by atoms with E-state index in [4.69, 9.17) is 0 Å². The average Bonchev–Trinajstić information content (AvgIpc) is 3.00. The van der Waals surface area contributed by atoms with Crippen molar-refractivity contribution < 1.29 is 18.0 Å². The fraction of sp³-hybridized carbons (Fsp3) is 0.125. The van der Waals surface area contributed by atoms with E-state index in [2.05, 4.69) is 9.97 Å². The number of alkyl halides is 3. The third-order valence-electron chi connectivity index (χ3n) is 3.46. The zero-order valence-electron chi connectivity index (χ0n) is 11.8. The number of pyridine rings is 1. The lowest BCUT2D eigenvalue weighted by Gasteiger charge is -2.12. The van der Waals surface area contributed by atoms with Gasteiger partial charge in [-0.15, -0.1) is 0 Å². The Hall–Kier alpha value is -2.83. The monoisotopic (exact) mass is 319 g/mol. The summed E-state index contributed by atoms with van der Waals surface area (Å²) in [6, 6.07) is 10.6. The Morgan fingerprint density at radius 2 is 1.91 bits per heavy atom. The van der Waals surface area contributed by atoms with Crippen LogP contribution in [0, 0.1) is 0 Å². The van der Waals surface area contributed by atoms with Crippen LogP contribution in [0.25, 0.3) is 22.2 Å². The number of nitrogens with one attached hydrogen (secondary N) is 2. The van der Waals surface area contributed by atoms with Gasteiger partial charge in [0.05, 0.1) is 0 Å². The van der Waals surface area contributed by atoms with Crippen LogP contribution in [0.2, 0.25) is 0 Å². The number of fused-ring (bicyclic) bond motifs is 1. The number of carbonyl (C=O) groups is 1. The summed E-state index contributed by atoms with van der Waals surface area (Å²) in [6.45, 7) is -0.206. The Kier molecular flexibility index (Phi) is 3.77. The van der Waals surface area contributed by atoms with Crippen LogP contribution in [0.5, 0.6) is 0 Å². The first kappa shape index (κ1) is 15.1. The molecule has 0 aliphatic carbocycles. The van der Waals surface area contributed by atoms with E-state index < -0.39 is 12.1 Å². The van der Waals surface area contributed by atoms with E-state index in [0.717, 1.165) is 16.5 Å². The molecule has 2 heterocycles. The quantitative estimate of drug-likeness (QED) is 0.777. The molecule has 3 aromatic rings. The van der Waals surface area contributed by atoms with Crippen LogP contribution in [0.1, 0.15) is 5.56 Å². The molecule has 1 aromatic carbocycles. The van der Waals surface area contributed by atoms with Crippen molar-refractivity contribution >= 4 is 16.9 Å². The highest BCUT2D eigenvalue weighted by Gasteiger charge is 2.38. The average molecular weight is 319 g/mol. The summed E-state index contributed by atoms with van der Waals surface area (Å²) in [4.78, 5) is 18.2. The third kappa shape index (κ3) is 3.03. The highest BCUT2D eigenvalue weighted by Crippen LogP contribution is 2.29. The van der Waals surface area contributed by atoms with Crippen LogP contribution in [0.4, 0.5) is 13.2 Å². The van der Waals surface area contributed by atoms with Gasteiger partial charge in [0.1, 0.15) is 5.65 Å². The predicted octanol–water partition coefficient (Wildman–Crippen LogP) is 3.41. The topological polar surface area (TPSA) is 57.8 Å². The molecule has 3 rings (SSSR count). The maximum Gasteiger partial charge on any atom is 0.471 e. The summed E-state index contributed by atoms with van der Waals surface area (Å²) in [6.07, 6.45) is -1.52. The van der Waals surface area contributed by atoms with Crippen LogP contribution in [0.15, 0.2) is 48.8 Å². The first-order valence-electron chi connectivity index (χ1n) is 6.82. The second-order valence-corrected chi connectivity index (χ2v) is 4.94. The molecule has 0 spiro atoms. The predicted molar refractivity (Wildman–Crippen MR) is 79.4 cm³/mol. The largest absolute Gasteiger partial charge is 0.471 e. The molecule has 0 radical (unpaired) electrons.